The lowest BCUT2D eigenvalue weighted by Gasteiger charge is -2.09. The number of methoxy groups -OCH3 is 2. The van der Waals surface area contributed by atoms with Gasteiger partial charge in [-0.05, 0) is 29.1 Å². The minimum Gasteiger partial charge on any atom is -0.493 e. The molecule has 1 aromatic carbocycles. The highest BCUT2D eigenvalue weighted by Gasteiger charge is 2.13. The first-order chi connectivity index (χ1) is 11.7. The minimum absolute atomic E-state index is 0.0710. The SMILES string of the molecule is COc1ccc(CC(=O)Nc2nnc(-c3ccsc3)o2)cc1OC. The van der Waals surface area contributed by atoms with Crippen LogP contribution in [-0.2, 0) is 11.2 Å². The molecular weight excluding hydrogens is 330 g/mol. The highest BCUT2D eigenvalue weighted by Crippen LogP contribution is 2.28. The van der Waals surface area contributed by atoms with Crippen molar-refractivity contribution in [1.29, 1.82) is 0 Å². The summed E-state index contributed by atoms with van der Waals surface area (Å²) < 4.78 is 15.8. The molecule has 0 atom stereocenters. The molecule has 0 bridgehead atoms. The maximum atomic E-state index is 12.1. The lowest BCUT2D eigenvalue weighted by molar-refractivity contribution is -0.115. The van der Waals surface area contributed by atoms with Crippen LogP contribution in [0.25, 0.3) is 11.5 Å². The van der Waals surface area contributed by atoms with Crippen molar-refractivity contribution in [2.24, 2.45) is 0 Å². The predicted octanol–water partition coefficient (Wildman–Crippen LogP) is 3.00. The number of rotatable bonds is 6. The molecule has 0 saturated heterocycles. The molecular formula is C16H15N3O4S. The average Bonchev–Trinajstić information content (AvgIpc) is 3.25. The molecule has 0 saturated carbocycles. The van der Waals surface area contributed by atoms with Crippen LogP contribution in [0, 0.1) is 0 Å². The third kappa shape index (κ3) is 3.54. The number of ether oxygens (including phenoxy) is 2. The van der Waals surface area contributed by atoms with E-state index in [1.54, 1.807) is 32.4 Å². The monoisotopic (exact) mass is 345 g/mol. The Hall–Kier alpha value is -2.87. The summed E-state index contributed by atoms with van der Waals surface area (Å²) >= 11 is 1.53. The van der Waals surface area contributed by atoms with Crippen LogP contribution in [0.5, 0.6) is 11.5 Å². The van der Waals surface area contributed by atoms with Gasteiger partial charge in [-0.2, -0.15) is 11.3 Å². The number of amides is 1. The Morgan fingerprint density at radius 2 is 2.04 bits per heavy atom. The first-order valence-corrected chi connectivity index (χ1v) is 8.00. The van der Waals surface area contributed by atoms with Crippen LogP contribution < -0.4 is 14.8 Å². The molecule has 2 heterocycles. The van der Waals surface area contributed by atoms with Crippen molar-refractivity contribution in [3.8, 4) is 23.0 Å². The number of benzene rings is 1. The molecule has 0 fully saturated rings. The highest BCUT2D eigenvalue weighted by atomic mass is 32.1. The van der Waals surface area contributed by atoms with Gasteiger partial charge in [-0.25, -0.2) is 0 Å². The normalized spacial score (nSPS) is 10.4. The quantitative estimate of drug-likeness (QED) is 0.739. The van der Waals surface area contributed by atoms with E-state index in [1.165, 1.54) is 11.3 Å². The van der Waals surface area contributed by atoms with Gasteiger partial charge in [-0.15, -0.1) is 5.10 Å². The fourth-order valence-corrected chi connectivity index (χ4v) is 2.75. The first-order valence-electron chi connectivity index (χ1n) is 7.06. The van der Waals surface area contributed by atoms with E-state index in [-0.39, 0.29) is 18.3 Å². The summed E-state index contributed by atoms with van der Waals surface area (Å²) in [6.07, 6.45) is 0.149. The fraction of sp³-hybridized carbons (Fsp3) is 0.188. The Bertz CT molecular complexity index is 830. The first kappa shape index (κ1) is 16.0. The van der Waals surface area contributed by atoms with Crippen molar-refractivity contribution in [1.82, 2.24) is 10.2 Å². The van der Waals surface area contributed by atoms with E-state index in [1.807, 2.05) is 16.8 Å². The number of hydrogen-bond acceptors (Lipinski definition) is 7. The van der Waals surface area contributed by atoms with E-state index in [0.29, 0.717) is 17.4 Å². The molecule has 24 heavy (non-hydrogen) atoms. The van der Waals surface area contributed by atoms with Gasteiger partial charge in [-0.1, -0.05) is 11.2 Å². The van der Waals surface area contributed by atoms with Gasteiger partial charge in [0.25, 0.3) is 5.89 Å². The number of aromatic nitrogens is 2. The van der Waals surface area contributed by atoms with Gasteiger partial charge < -0.3 is 13.9 Å². The molecule has 2 aromatic heterocycles. The van der Waals surface area contributed by atoms with Gasteiger partial charge in [0.1, 0.15) is 0 Å². The number of nitrogens with zero attached hydrogens (tertiary/aromatic N) is 2. The van der Waals surface area contributed by atoms with Gasteiger partial charge in [0, 0.05) is 10.9 Å². The standard InChI is InChI=1S/C16H15N3O4S/c1-21-12-4-3-10(7-13(12)22-2)8-14(20)17-16-19-18-15(23-16)11-5-6-24-9-11/h3-7,9H,8H2,1-2H3,(H,17,19,20). The van der Waals surface area contributed by atoms with Crippen LogP contribution in [0.2, 0.25) is 0 Å². The van der Waals surface area contributed by atoms with Crippen LogP contribution in [0.4, 0.5) is 6.01 Å². The molecule has 0 aliphatic heterocycles. The largest absolute Gasteiger partial charge is 0.493 e. The summed E-state index contributed by atoms with van der Waals surface area (Å²) in [5, 5.41) is 14.1. The lowest BCUT2D eigenvalue weighted by Crippen LogP contribution is -2.14. The molecule has 1 N–H and O–H groups in total. The Morgan fingerprint density at radius 1 is 1.21 bits per heavy atom. The van der Waals surface area contributed by atoms with Crippen LogP contribution in [0.1, 0.15) is 5.56 Å². The summed E-state index contributed by atoms with van der Waals surface area (Å²) in [6, 6.07) is 7.24. The zero-order valence-corrected chi connectivity index (χ0v) is 13.9. The van der Waals surface area contributed by atoms with Crippen molar-refractivity contribution >= 4 is 23.3 Å². The maximum absolute atomic E-state index is 12.1. The molecule has 124 valence electrons. The second kappa shape index (κ2) is 7.14. The molecule has 0 aliphatic carbocycles. The van der Waals surface area contributed by atoms with Crippen molar-refractivity contribution in [3.05, 3.63) is 40.6 Å². The van der Waals surface area contributed by atoms with Gasteiger partial charge in [-0.3, -0.25) is 10.1 Å². The number of hydrogen-bond donors (Lipinski definition) is 1. The molecule has 8 heteroatoms. The topological polar surface area (TPSA) is 86.5 Å². The predicted molar refractivity (Wildman–Crippen MR) is 89.5 cm³/mol. The minimum atomic E-state index is -0.261. The number of carbonyl (C=O) groups excluding carboxylic acids is 1. The molecule has 0 aliphatic rings. The number of nitrogens with one attached hydrogen (secondary N) is 1. The zero-order chi connectivity index (χ0) is 16.9. The van der Waals surface area contributed by atoms with Crippen LogP contribution in [-0.4, -0.2) is 30.3 Å². The molecule has 0 radical (unpaired) electrons. The summed E-state index contributed by atoms with van der Waals surface area (Å²) in [5.41, 5.74) is 1.61. The Morgan fingerprint density at radius 3 is 2.75 bits per heavy atom. The van der Waals surface area contributed by atoms with Crippen LogP contribution in [0.15, 0.2) is 39.4 Å². The van der Waals surface area contributed by atoms with Crippen molar-refractivity contribution in [3.63, 3.8) is 0 Å². The lowest BCUT2D eigenvalue weighted by atomic mass is 10.1. The molecule has 1 amide bonds. The second-order valence-electron chi connectivity index (χ2n) is 4.84. The summed E-state index contributed by atoms with van der Waals surface area (Å²) in [7, 11) is 3.11. The Balaban J connectivity index is 1.65. The fourth-order valence-electron chi connectivity index (χ4n) is 2.12. The van der Waals surface area contributed by atoms with E-state index in [9.17, 15) is 4.79 Å². The average molecular weight is 345 g/mol. The summed E-state index contributed by atoms with van der Waals surface area (Å²) in [5.74, 6) is 1.29. The van der Waals surface area contributed by atoms with Gasteiger partial charge in [0.05, 0.1) is 20.6 Å². The van der Waals surface area contributed by atoms with E-state index >= 15 is 0 Å². The van der Waals surface area contributed by atoms with E-state index in [0.717, 1.165) is 11.1 Å². The van der Waals surface area contributed by atoms with Gasteiger partial charge in [0.15, 0.2) is 11.5 Å². The van der Waals surface area contributed by atoms with Crippen molar-refractivity contribution in [2.45, 2.75) is 6.42 Å². The van der Waals surface area contributed by atoms with Crippen molar-refractivity contribution < 1.29 is 18.7 Å². The third-order valence-corrected chi connectivity index (χ3v) is 3.94. The smallest absolute Gasteiger partial charge is 0.322 e. The molecule has 0 spiro atoms. The van der Waals surface area contributed by atoms with Crippen LogP contribution in [0.3, 0.4) is 0 Å². The van der Waals surface area contributed by atoms with E-state index < -0.39 is 0 Å². The van der Waals surface area contributed by atoms with E-state index in [4.69, 9.17) is 13.9 Å². The molecule has 3 aromatic rings. The van der Waals surface area contributed by atoms with Crippen LogP contribution >= 0.6 is 11.3 Å². The van der Waals surface area contributed by atoms with E-state index in [2.05, 4.69) is 15.5 Å². The molecule has 0 unspecified atom stereocenters. The zero-order valence-electron chi connectivity index (χ0n) is 13.1. The third-order valence-electron chi connectivity index (χ3n) is 3.25. The summed E-state index contributed by atoms with van der Waals surface area (Å²) in [6.45, 7) is 0. The molecule has 3 rings (SSSR count). The maximum Gasteiger partial charge on any atom is 0.322 e. The van der Waals surface area contributed by atoms with Gasteiger partial charge in [0.2, 0.25) is 5.91 Å². The second-order valence-corrected chi connectivity index (χ2v) is 5.62. The summed E-state index contributed by atoms with van der Waals surface area (Å²) in [4.78, 5) is 12.1. The highest BCUT2D eigenvalue weighted by molar-refractivity contribution is 7.08. The Labute approximate surface area is 142 Å². The number of thiophene rings is 1. The number of anilines is 1. The number of carbonyl (C=O) groups is 1. The Kier molecular flexibility index (Phi) is 4.76. The van der Waals surface area contributed by atoms with Gasteiger partial charge >= 0.3 is 6.01 Å². The molecule has 7 nitrogen and oxygen atoms in total. The van der Waals surface area contributed by atoms with Crippen molar-refractivity contribution in [2.75, 3.05) is 19.5 Å².